The fraction of sp³-hybridized carbons (Fsp3) is 0.278. The Morgan fingerprint density at radius 1 is 1.04 bits per heavy atom. The fourth-order valence-corrected chi connectivity index (χ4v) is 3.81. The lowest BCUT2D eigenvalue weighted by Crippen LogP contribution is -2.34. The molecule has 2 aromatic rings. The Bertz CT molecular complexity index is 644. The highest BCUT2D eigenvalue weighted by atomic mass is 32.2. The van der Waals surface area contributed by atoms with Gasteiger partial charge in [0, 0.05) is 22.9 Å². The lowest BCUT2D eigenvalue weighted by molar-refractivity contribution is -0.120. The van der Waals surface area contributed by atoms with E-state index in [2.05, 4.69) is 64.1 Å². The van der Waals surface area contributed by atoms with Crippen LogP contribution in [0.2, 0.25) is 0 Å². The van der Waals surface area contributed by atoms with Crippen LogP contribution in [0.15, 0.2) is 58.3 Å². The Balaban J connectivity index is 1.70. The molecular weight excluding hydrogens is 306 g/mol. The standard InChI is InChI=1S/C18H21N3OS/c1-19-13-18(22)20-11-6-12-21-14-7-2-4-9-16(14)23-17-10-5-3-8-15(17)21/h2-5,7-10,19H,6,11-13H2,1H3,(H,20,22). The maximum absolute atomic E-state index is 11.5. The van der Waals surface area contributed by atoms with Gasteiger partial charge in [-0.05, 0) is 37.7 Å². The van der Waals surface area contributed by atoms with Gasteiger partial charge in [0.1, 0.15) is 0 Å². The first kappa shape index (κ1) is 15.9. The van der Waals surface area contributed by atoms with Crippen molar-refractivity contribution in [1.29, 1.82) is 0 Å². The SMILES string of the molecule is CNCC(=O)NCCCN1c2ccccc2Sc2ccccc21. The summed E-state index contributed by atoms with van der Waals surface area (Å²) in [5, 5.41) is 5.80. The molecule has 2 aromatic carbocycles. The molecular formula is C18H21N3OS. The Hall–Kier alpha value is -1.98. The summed E-state index contributed by atoms with van der Waals surface area (Å²) in [5.74, 6) is 0.0440. The van der Waals surface area contributed by atoms with Crippen molar-refractivity contribution in [2.75, 3.05) is 31.6 Å². The van der Waals surface area contributed by atoms with Crippen molar-refractivity contribution < 1.29 is 4.79 Å². The smallest absolute Gasteiger partial charge is 0.233 e. The molecule has 23 heavy (non-hydrogen) atoms. The number of hydrogen-bond acceptors (Lipinski definition) is 4. The van der Waals surface area contributed by atoms with E-state index in [0.29, 0.717) is 13.1 Å². The minimum atomic E-state index is 0.0440. The molecule has 1 amide bonds. The van der Waals surface area contributed by atoms with E-state index in [1.54, 1.807) is 7.05 Å². The fourth-order valence-electron chi connectivity index (χ4n) is 2.71. The van der Waals surface area contributed by atoms with E-state index in [-0.39, 0.29) is 5.91 Å². The van der Waals surface area contributed by atoms with Crippen LogP contribution in [-0.2, 0) is 4.79 Å². The van der Waals surface area contributed by atoms with Crippen molar-refractivity contribution >= 4 is 29.0 Å². The van der Waals surface area contributed by atoms with Crippen LogP contribution in [-0.4, -0.2) is 32.6 Å². The molecule has 1 aliphatic rings. The van der Waals surface area contributed by atoms with Gasteiger partial charge in [0.25, 0.3) is 0 Å². The zero-order valence-corrected chi connectivity index (χ0v) is 14.0. The molecule has 120 valence electrons. The van der Waals surface area contributed by atoms with Crippen LogP contribution in [0.5, 0.6) is 0 Å². The van der Waals surface area contributed by atoms with Gasteiger partial charge in [-0.15, -0.1) is 0 Å². The quantitative estimate of drug-likeness (QED) is 0.801. The van der Waals surface area contributed by atoms with Crippen LogP contribution in [0.4, 0.5) is 11.4 Å². The first-order valence-electron chi connectivity index (χ1n) is 7.84. The van der Waals surface area contributed by atoms with Crippen molar-refractivity contribution in [2.45, 2.75) is 16.2 Å². The number of nitrogens with zero attached hydrogens (tertiary/aromatic N) is 1. The molecule has 1 aliphatic heterocycles. The van der Waals surface area contributed by atoms with E-state index in [9.17, 15) is 4.79 Å². The number of amides is 1. The molecule has 4 nitrogen and oxygen atoms in total. The molecule has 5 heteroatoms. The van der Waals surface area contributed by atoms with Crippen molar-refractivity contribution in [3.63, 3.8) is 0 Å². The van der Waals surface area contributed by atoms with Gasteiger partial charge in [-0.1, -0.05) is 36.0 Å². The van der Waals surface area contributed by atoms with Crippen molar-refractivity contribution in [3.8, 4) is 0 Å². The molecule has 3 rings (SSSR count). The molecule has 0 atom stereocenters. The van der Waals surface area contributed by atoms with Gasteiger partial charge >= 0.3 is 0 Å². The normalized spacial score (nSPS) is 12.5. The average Bonchev–Trinajstić information content (AvgIpc) is 2.58. The van der Waals surface area contributed by atoms with Crippen molar-refractivity contribution in [2.24, 2.45) is 0 Å². The molecule has 0 saturated heterocycles. The van der Waals surface area contributed by atoms with E-state index < -0.39 is 0 Å². The number of carbonyl (C=O) groups excluding carboxylic acids is 1. The van der Waals surface area contributed by atoms with Gasteiger partial charge in [0.2, 0.25) is 5.91 Å². The summed E-state index contributed by atoms with van der Waals surface area (Å²) in [5.41, 5.74) is 2.50. The summed E-state index contributed by atoms with van der Waals surface area (Å²) in [6.07, 6.45) is 0.906. The van der Waals surface area contributed by atoms with E-state index in [1.807, 2.05) is 11.8 Å². The van der Waals surface area contributed by atoms with Crippen molar-refractivity contribution in [1.82, 2.24) is 10.6 Å². The number of likely N-dealkylation sites (N-methyl/N-ethyl adjacent to an activating group) is 1. The number of hydrogen-bond donors (Lipinski definition) is 2. The number of anilines is 2. The highest BCUT2D eigenvalue weighted by Gasteiger charge is 2.22. The number of carbonyl (C=O) groups is 1. The first-order valence-corrected chi connectivity index (χ1v) is 8.66. The van der Waals surface area contributed by atoms with Crippen LogP contribution < -0.4 is 15.5 Å². The molecule has 0 aliphatic carbocycles. The molecule has 1 heterocycles. The zero-order valence-electron chi connectivity index (χ0n) is 13.2. The highest BCUT2D eigenvalue weighted by molar-refractivity contribution is 7.99. The highest BCUT2D eigenvalue weighted by Crippen LogP contribution is 2.47. The largest absolute Gasteiger partial charge is 0.355 e. The third kappa shape index (κ3) is 3.68. The Labute approximate surface area is 141 Å². The first-order chi connectivity index (χ1) is 11.3. The van der Waals surface area contributed by atoms with Gasteiger partial charge in [0.05, 0.1) is 17.9 Å². The van der Waals surface area contributed by atoms with E-state index in [1.165, 1.54) is 21.2 Å². The Morgan fingerprint density at radius 3 is 2.26 bits per heavy atom. The number of nitrogens with one attached hydrogen (secondary N) is 2. The Morgan fingerprint density at radius 2 is 1.65 bits per heavy atom. The third-order valence-electron chi connectivity index (χ3n) is 3.75. The summed E-state index contributed by atoms with van der Waals surface area (Å²) < 4.78 is 0. The van der Waals surface area contributed by atoms with Crippen LogP contribution >= 0.6 is 11.8 Å². The maximum Gasteiger partial charge on any atom is 0.233 e. The summed E-state index contributed by atoms with van der Waals surface area (Å²) in [4.78, 5) is 16.4. The second-order valence-corrected chi connectivity index (χ2v) is 6.51. The van der Waals surface area contributed by atoms with E-state index >= 15 is 0 Å². The predicted octanol–water partition coefficient (Wildman–Crippen LogP) is 3.02. The molecule has 0 spiro atoms. The molecule has 0 aromatic heterocycles. The van der Waals surface area contributed by atoms with E-state index in [0.717, 1.165) is 13.0 Å². The topological polar surface area (TPSA) is 44.4 Å². The minimum absolute atomic E-state index is 0.0440. The van der Waals surface area contributed by atoms with Gasteiger partial charge in [-0.3, -0.25) is 4.79 Å². The van der Waals surface area contributed by atoms with Crippen molar-refractivity contribution in [3.05, 3.63) is 48.5 Å². The summed E-state index contributed by atoms with van der Waals surface area (Å²) in [6.45, 7) is 1.94. The van der Waals surface area contributed by atoms with Crippen LogP contribution in [0.3, 0.4) is 0 Å². The lowest BCUT2D eigenvalue weighted by atomic mass is 10.2. The molecule has 2 N–H and O–H groups in total. The third-order valence-corrected chi connectivity index (χ3v) is 4.88. The molecule has 0 fully saturated rings. The van der Waals surface area contributed by atoms with Gasteiger partial charge in [-0.25, -0.2) is 0 Å². The number of rotatable bonds is 6. The van der Waals surface area contributed by atoms with E-state index in [4.69, 9.17) is 0 Å². The summed E-state index contributed by atoms with van der Waals surface area (Å²) in [6, 6.07) is 17.0. The monoisotopic (exact) mass is 327 g/mol. The minimum Gasteiger partial charge on any atom is -0.355 e. The molecule has 0 unspecified atom stereocenters. The van der Waals surface area contributed by atoms with Gasteiger partial charge < -0.3 is 15.5 Å². The number of para-hydroxylation sites is 2. The second-order valence-electron chi connectivity index (χ2n) is 5.42. The van der Waals surface area contributed by atoms with Gasteiger partial charge in [-0.2, -0.15) is 0 Å². The second kappa shape index (κ2) is 7.53. The van der Waals surface area contributed by atoms with Gasteiger partial charge in [0.15, 0.2) is 0 Å². The Kier molecular flexibility index (Phi) is 5.20. The predicted molar refractivity (Wildman–Crippen MR) is 95.6 cm³/mol. The van der Waals surface area contributed by atoms with Crippen LogP contribution in [0, 0.1) is 0 Å². The van der Waals surface area contributed by atoms with Crippen LogP contribution in [0.1, 0.15) is 6.42 Å². The summed E-state index contributed by atoms with van der Waals surface area (Å²) in [7, 11) is 1.78. The number of fused-ring (bicyclic) bond motifs is 2. The summed E-state index contributed by atoms with van der Waals surface area (Å²) >= 11 is 1.82. The zero-order chi connectivity index (χ0) is 16.1. The maximum atomic E-state index is 11.5. The average molecular weight is 327 g/mol. The number of benzene rings is 2. The lowest BCUT2D eigenvalue weighted by Gasteiger charge is -2.32. The molecule has 0 bridgehead atoms. The molecule has 0 saturated carbocycles. The van der Waals surface area contributed by atoms with Crippen LogP contribution in [0.25, 0.3) is 0 Å². The molecule has 0 radical (unpaired) electrons.